The highest BCUT2D eigenvalue weighted by Gasteiger charge is 2.47. The fourth-order valence-electron chi connectivity index (χ4n) is 5.38. The van der Waals surface area contributed by atoms with E-state index in [0.29, 0.717) is 16.6 Å². The Balaban J connectivity index is 1.61. The maximum absolute atomic E-state index is 13.3. The first-order valence-electron chi connectivity index (χ1n) is 11.4. The molecule has 0 spiro atoms. The summed E-state index contributed by atoms with van der Waals surface area (Å²) < 4.78 is 13.3. The van der Waals surface area contributed by atoms with Crippen molar-refractivity contribution in [3.05, 3.63) is 76.6 Å². The summed E-state index contributed by atoms with van der Waals surface area (Å²) in [4.78, 5) is 16.7. The van der Waals surface area contributed by atoms with Crippen molar-refractivity contribution in [2.75, 3.05) is 0 Å². The summed E-state index contributed by atoms with van der Waals surface area (Å²) in [6.07, 6.45) is 7.26. The number of hydrogen-bond acceptors (Lipinski definition) is 3. The molecule has 4 atom stereocenters. The van der Waals surface area contributed by atoms with Gasteiger partial charge in [-0.15, -0.1) is 0 Å². The second kappa shape index (κ2) is 9.60. The molecule has 2 aliphatic carbocycles. The van der Waals surface area contributed by atoms with Gasteiger partial charge >= 0.3 is 0 Å². The molecule has 2 aliphatic rings. The van der Waals surface area contributed by atoms with Crippen LogP contribution in [0.15, 0.2) is 65.2 Å². The van der Waals surface area contributed by atoms with Crippen molar-refractivity contribution in [1.82, 2.24) is 5.32 Å². The van der Waals surface area contributed by atoms with E-state index in [1.54, 1.807) is 19.1 Å². The first kappa shape index (κ1) is 23.4. The summed E-state index contributed by atoms with van der Waals surface area (Å²) in [6.45, 7) is 3.84. The summed E-state index contributed by atoms with van der Waals surface area (Å²) in [5.41, 5.74) is 3.90. The third-order valence-electron chi connectivity index (χ3n) is 7.20. The Morgan fingerprint density at radius 2 is 1.97 bits per heavy atom. The zero-order chi connectivity index (χ0) is 23.6. The van der Waals surface area contributed by atoms with Crippen molar-refractivity contribution in [2.24, 2.45) is 22.2 Å². The first-order valence-corrected chi connectivity index (χ1v) is 11.7. The Kier molecular flexibility index (Phi) is 6.80. The molecule has 1 amide bonds. The first-order chi connectivity index (χ1) is 15.8. The maximum Gasteiger partial charge on any atom is 0.217 e. The molecule has 4 nitrogen and oxygen atoms in total. The topological polar surface area (TPSA) is 65.3 Å². The van der Waals surface area contributed by atoms with E-state index in [0.717, 1.165) is 37.0 Å². The Hall–Kier alpha value is -2.79. The van der Waals surface area contributed by atoms with Crippen LogP contribution in [0.5, 0.6) is 0 Å². The van der Waals surface area contributed by atoms with Gasteiger partial charge in [0.25, 0.3) is 0 Å². The van der Waals surface area contributed by atoms with E-state index < -0.39 is 0 Å². The average Bonchev–Trinajstić information content (AvgIpc) is 3.09. The number of carbonyl (C=O) groups is 1. The number of nitrogens with zero attached hydrogens (tertiary/aromatic N) is 1. The number of allylic oxidation sites excluding steroid dienone is 2. The molecule has 0 heterocycles. The molecule has 0 saturated heterocycles. The quantitative estimate of drug-likeness (QED) is 0.451. The minimum Gasteiger partial charge on any atom is -0.350 e. The molecular formula is C27H29ClFN3O. The number of benzene rings is 2. The highest BCUT2D eigenvalue weighted by Crippen LogP contribution is 2.56. The smallest absolute Gasteiger partial charge is 0.217 e. The predicted molar refractivity (Wildman–Crippen MR) is 132 cm³/mol. The van der Waals surface area contributed by atoms with Gasteiger partial charge in [0.15, 0.2) is 0 Å². The van der Waals surface area contributed by atoms with Gasteiger partial charge in [-0.1, -0.05) is 36.2 Å². The lowest BCUT2D eigenvalue weighted by Crippen LogP contribution is -2.36. The number of carbonyl (C=O) groups excluding carboxylic acids is 1. The molecule has 1 saturated carbocycles. The van der Waals surface area contributed by atoms with Crippen LogP contribution >= 0.6 is 11.6 Å². The number of amides is 1. The number of rotatable bonds is 6. The van der Waals surface area contributed by atoms with Crippen LogP contribution in [0, 0.1) is 28.5 Å². The monoisotopic (exact) mass is 465 g/mol. The average molecular weight is 466 g/mol. The molecule has 2 N–H and O–H groups in total. The van der Waals surface area contributed by atoms with Crippen molar-refractivity contribution >= 4 is 35.1 Å². The third-order valence-corrected chi connectivity index (χ3v) is 7.45. The largest absolute Gasteiger partial charge is 0.350 e. The van der Waals surface area contributed by atoms with E-state index in [1.165, 1.54) is 23.9 Å². The zero-order valence-electron chi connectivity index (χ0n) is 18.9. The van der Waals surface area contributed by atoms with Crippen LogP contribution in [0.3, 0.4) is 0 Å². The van der Waals surface area contributed by atoms with Gasteiger partial charge < -0.3 is 10.7 Å². The van der Waals surface area contributed by atoms with Gasteiger partial charge in [-0.05, 0) is 85.1 Å². The lowest BCUT2D eigenvalue weighted by molar-refractivity contribution is -0.119. The highest BCUT2D eigenvalue weighted by molar-refractivity contribution is 6.30. The van der Waals surface area contributed by atoms with Crippen molar-refractivity contribution in [3.63, 3.8) is 0 Å². The van der Waals surface area contributed by atoms with E-state index in [1.807, 2.05) is 24.3 Å². The van der Waals surface area contributed by atoms with Gasteiger partial charge in [-0.2, -0.15) is 0 Å². The summed E-state index contributed by atoms with van der Waals surface area (Å²) in [5.74, 6) is -0.0704. The standard InChI is InChI=1S/C27H29ClFN3O/c1-17(33)31-25(18-3-7-22(28)8-4-18)13-20-5-6-21-14-26(19(16-30)15-27(20,21)2)32-24-11-9-23(29)10-12-24/h3-4,7-12,14,16,19-20,25,30H,5-6,13,15H2,1-2H3,(H,31,33). The second-order valence-corrected chi connectivity index (χ2v) is 9.79. The van der Waals surface area contributed by atoms with E-state index in [-0.39, 0.29) is 29.1 Å². The van der Waals surface area contributed by atoms with Crippen LogP contribution in [0.1, 0.15) is 51.1 Å². The lowest BCUT2D eigenvalue weighted by atomic mass is 9.65. The van der Waals surface area contributed by atoms with Gasteiger partial charge in [0, 0.05) is 29.8 Å². The van der Waals surface area contributed by atoms with Crippen LogP contribution in [-0.2, 0) is 4.79 Å². The minimum atomic E-state index is -0.287. The number of halogens is 2. The van der Waals surface area contributed by atoms with Gasteiger partial charge in [0.1, 0.15) is 5.82 Å². The molecule has 2 aromatic rings. The molecule has 1 fully saturated rings. The van der Waals surface area contributed by atoms with Crippen molar-refractivity contribution in [2.45, 2.75) is 45.6 Å². The minimum absolute atomic E-state index is 0.0522. The normalized spacial score (nSPS) is 26.4. The van der Waals surface area contributed by atoms with E-state index in [2.05, 4.69) is 18.3 Å². The van der Waals surface area contributed by atoms with E-state index in [9.17, 15) is 9.18 Å². The molecule has 0 aliphatic heterocycles. The molecule has 4 unspecified atom stereocenters. The van der Waals surface area contributed by atoms with Crippen LogP contribution < -0.4 is 5.32 Å². The zero-order valence-corrected chi connectivity index (χ0v) is 19.7. The Morgan fingerprint density at radius 1 is 1.27 bits per heavy atom. The van der Waals surface area contributed by atoms with Gasteiger partial charge in [-0.25, -0.2) is 4.39 Å². The van der Waals surface area contributed by atoms with E-state index in [4.69, 9.17) is 22.0 Å². The molecule has 0 bridgehead atoms. The number of nitrogens with one attached hydrogen (secondary N) is 2. The fraction of sp³-hybridized carbons (Fsp3) is 0.370. The summed E-state index contributed by atoms with van der Waals surface area (Å²) in [6, 6.07) is 13.7. The van der Waals surface area contributed by atoms with Gasteiger partial charge in [-0.3, -0.25) is 9.79 Å². The number of fused-ring (bicyclic) bond motifs is 1. The second-order valence-electron chi connectivity index (χ2n) is 9.35. The number of hydrogen-bond donors (Lipinski definition) is 2. The molecule has 0 aromatic heterocycles. The van der Waals surface area contributed by atoms with Gasteiger partial charge in [0.05, 0.1) is 11.7 Å². The molecule has 6 heteroatoms. The van der Waals surface area contributed by atoms with Crippen LogP contribution in [0.25, 0.3) is 0 Å². The molecule has 172 valence electrons. The predicted octanol–water partition coefficient (Wildman–Crippen LogP) is 6.83. The highest BCUT2D eigenvalue weighted by atomic mass is 35.5. The summed E-state index contributed by atoms with van der Waals surface area (Å²) in [7, 11) is 0. The lowest BCUT2D eigenvalue weighted by Gasteiger charge is -2.40. The van der Waals surface area contributed by atoms with Gasteiger partial charge in [0.2, 0.25) is 5.91 Å². The van der Waals surface area contributed by atoms with Crippen molar-refractivity contribution in [3.8, 4) is 0 Å². The molecule has 0 radical (unpaired) electrons. The molecule has 33 heavy (non-hydrogen) atoms. The van der Waals surface area contributed by atoms with Crippen LogP contribution in [0.2, 0.25) is 5.02 Å². The Morgan fingerprint density at radius 3 is 2.61 bits per heavy atom. The number of aliphatic imine (C=N–C) groups is 1. The summed E-state index contributed by atoms with van der Waals surface area (Å²) >= 11 is 6.07. The van der Waals surface area contributed by atoms with Crippen LogP contribution in [-0.4, -0.2) is 17.8 Å². The van der Waals surface area contributed by atoms with Crippen molar-refractivity contribution < 1.29 is 9.18 Å². The Bertz CT molecular complexity index is 1090. The SMILES string of the molecule is CC(=O)NC(CC1CCC2=CC(=Nc3ccc(F)cc3)C(C=N)CC21C)c1ccc(Cl)cc1. The third kappa shape index (κ3) is 5.09. The molecule has 4 rings (SSSR count). The summed E-state index contributed by atoms with van der Waals surface area (Å²) in [5, 5.41) is 11.9. The van der Waals surface area contributed by atoms with Crippen molar-refractivity contribution in [1.29, 1.82) is 5.41 Å². The Labute approximate surface area is 199 Å². The fourth-order valence-corrected chi connectivity index (χ4v) is 5.51. The molecular weight excluding hydrogens is 437 g/mol. The maximum atomic E-state index is 13.3. The molecule has 2 aromatic carbocycles. The van der Waals surface area contributed by atoms with Crippen LogP contribution in [0.4, 0.5) is 10.1 Å². The van der Waals surface area contributed by atoms with E-state index >= 15 is 0 Å².